The van der Waals surface area contributed by atoms with Gasteiger partial charge in [-0.25, -0.2) is 4.98 Å². The van der Waals surface area contributed by atoms with Crippen molar-refractivity contribution in [2.24, 2.45) is 11.7 Å². The van der Waals surface area contributed by atoms with Crippen LogP contribution in [0.25, 0.3) is 0 Å². The second-order valence-corrected chi connectivity index (χ2v) is 4.79. The number of pyridine rings is 1. The molecule has 0 radical (unpaired) electrons. The van der Waals surface area contributed by atoms with Gasteiger partial charge in [0.05, 0.1) is 18.2 Å². The van der Waals surface area contributed by atoms with E-state index in [1.807, 2.05) is 13.8 Å². The first-order valence-electron chi connectivity index (χ1n) is 6.41. The standard InChI is InChI=1S/C13H18F3N3O2/c1-8(2)11(17)12(20)18-5-6-21-10-4-3-9(7-19-10)13(14,15)16/h3-4,7-8,11H,5-6,17H2,1-2H3,(H,18,20)/t11-/m0/s1. The van der Waals surface area contributed by atoms with Crippen molar-refractivity contribution in [3.8, 4) is 5.88 Å². The quantitative estimate of drug-likeness (QED) is 0.782. The van der Waals surface area contributed by atoms with Crippen LogP contribution in [0.5, 0.6) is 5.88 Å². The van der Waals surface area contributed by atoms with Gasteiger partial charge in [-0.15, -0.1) is 0 Å². The first kappa shape index (κ1) is 17.2. The van der Waals surface area contributed by atoms with Gasteiger partial charge in [0, 0.05) is 12.3 Å². The lowest BCUT2D eigenvalue weighted by molar-refractivity contribution is -0.137. The molecule has 5 nitrogen and oxygen atoms in total. The van der Waals surface area contributed by atoms with Crippen molar-refractivity contribution in [3.05, 3.63) is 23.9 Å². The number of alkyl halides is 3. The smallest absolute Gasteiger partial charge is 0.417 e. The molecule has 0 spiro atoms. The van der Waals surface area contributed by atoms with Crippen LogP contribution < -0.4 is 15.8 Å². The Balaban J connectivity index is 2.35. The number of nitrogens with one attached hydrogen (secondary N) is 1. The Labute approximate surface area is 120 Å². The second kappa shape index (κ2) is 7.26. The summed E-state index contributed by atoms with van der Waals surface area (Å²) in [7, 11) is 0. The molecule has 1 atom stereocenters. The zero-order valence-electron chi connectivity index (χ0n) is 11.8. The van der Waals surface area contributed by atoms with E-state index in [2.05, 4.69) is 10.3 Å². The average Bonchev–Trinajstić information content (AvgIpc) is 2.42. The maximum Gasteiger partial charge on any atom is 0.417 e. The number of carbonyl (C=O) groups excluding carboxylic acids is 1. The molecule has 0 aromatic carbocycles. The lowest BCUT2D eigenvalue weighted by Crippen LogP contribution is -2.45. The van der Waals surface area contributed by atoms with Crippen LogP contribution in [0, 0.1) is 5.92 Å². The average molecular weight is 305 g/mol. The highest BCUT2D eigenvalue weighted by Crippen LogP contribution is 2.29. The summed E-state index contributed by atoms with van der Waals surface area (Å²) in [6, 6.07) is 1.41. The Morgan fingerprint density at radius 3 is 2.57 bits per heavy atom. The molecule has 1 heterocycles. The van der Waals surface area contributed by atoms with Crippen LogP contribution in [0.4, 0.5) is 13.2 Å². The SMILES string of the molecule is CC(C)[C@H](N)C(=O)NCCOc1ccc(C(F)(F)F)cn1. The molecule has 0 aliphatic carbocycles. The number of nitrogens with zero attached hydrogens (tertiary/aromatic N) is 1. The fourth-order valence-electron chi connectivity index (χ4n) is 1.38. The van der Waals surface area contributed by atoms with Gasteiger partial charge in [-0.1, -0.05) is 13.8 Å². The van der Waals surface area contributed by atoms with Crippen LogP contribution in [0.3, 0.4) is 0 Å². The van der Waals surface area contributed by atoms with Crippen molar-refractivity contribution in [1.29, 1.82) is 0 Å². The fraction of sp³-hybridized carbons (Fsp3) is 0.538. The first-order chi connectivity index (χ1) is 9.71. The van der Waals surface area contributed by atoms with Gasteiger partial charge in [0.25, 0.3) is 0 Å². The molecule has 21 heavy (non-hydrogen) atoms. The van der Waals surface area contributed by atoms with Gasteiger partial charge in [0.1, 0.15) is 6.61 Å². The predicted molar refractivity (Wildman–Crippen MR) is 70.6 cm³/mol. The Kier molecular flexibility index (Phi) is 5.95. The summed E-state index contributed by atoms with van der Waals surface area (Å²) >= 11 is 0. The molecular formula is C13H18F3N3O2. The largest absolute Gasteiger partial charge is 0.476 e. The molecule has 1 rings (SSSR count). The fourth-order valence-corrected chi connectivity index (χ4v) is 1.38. The molecule has 3 N–H and O–H groups in total. The molecule has 1 amide bonds. The summed E-state index contributed by atoms with van der Waals surface area (Å²) in [6.07, 6.45) is -3.73. The number of hydrogen-bond donors (Lipinski definition) is 2. The highest BCUT2D eigenvalue weighted by Gasteiger charge is 2.30. The van der Waals surface area contributed by atoms with Gasteiger partial charge < -0.3 is 15.8 Å². The molecule has 0 fully saturated rings. The van der Waals surface area contributed by atoms with Gasteiger partial charge in [-0.05, 0) is 12.0 Å². The van der Waals surface area contributed by atoms with Crippen LogP contribution in [-0.4, -0.2) is 30.1 Å². The zero-order chi connectivity index (χ0) is 16.0. The molecule has 0 unspecified atom stereocenters. The summed E-state index contributed by atoms with van der Waals surface area (Å²) in [6.45, 7) is 3.94. The third kappa shape index (κ3) is 5.58. The van der Waals surface area contributed by atoms with Gasteiger partial charge >= 0.3 is 6.18 Å². The number of carbonyl (C=O) groups is 1. The van der Waals surface area contributed by atoms with E-state index in [1.54, 1.807) is 0 Å². The molecule has 0 saturated carbocycles. The van der Waals surface area contributed by atoms with Crippen molar-refractivity contribution in [3.63, 3.8) is 0 Å². The van der Waals surface area contributed by atoms with Gasteiger partial charge in [0.15, 0.2) is 0 Å². The third-order valence-electron chi connectivity index (χ3n) is 2.74. The summed E-state index contributed by atoms with van der Waals surface area (Å²) in [4.78, 5) is 15.1. The Bertz CT molecular complexity index is 461. The highest BCUT2D eigenvalue weighted by molar-refractivity contribution is 5.81. The van der Waals surface area contributed by atoms with E-state index in [0.29, 0.717) is 6.20 Å². The van der Waals surface area contributed by atoms with Gasteiger partial charge in [0.2, 0.25) is 11.8 Å². The topological polar surface area (TPSA) is 77.2 Å². The van der Waals surface area contributed by atoms with Crippen molar-refractivity contribution >= 4 is 5.91 Å². The Morgan fingerprint density at radius 1 is 1.43 bits per heavy atom. The number of ether oxygens (including phenoxy) is 1. The monoisotopic (exact) mass is 305 g/mol. The predicted octanol–water partition coefficient (Wildman–Crippen LogP) is 1.58. The summed E-state index contributed by atoms with van der Waals surface area (Å²) in [5.41, 5.74) is 4.80. The lowest BCUT2D eigenvalue weighted by atomic mass is 10.1. The van der Waals surface area contributed by atoms with E-state index in [1.165, 1.54) is 0 Å². The van der Waals surface area contributed by atoms with Crippen molar-refractivity contribution in [2.45, 2.75) is 26.1 Å². The molecule has 0 bridgehead atoms. The minimum absolute atomic E-state index is 0.0162. The minimum Gasteiger partial charge on any atom is -0.476 e. The van der Waals surface area contributed by atoms with Crippen LogP contribution in [0.1, 0.15) is 19.4 Å². The van der Waals surface area contributed by atoms with E-state index in [4.69, 9.17) is 10.5 Å². The number of amides is 1. The molecule has 0 aliphatic rings. The number of nitrogens with two attached hydrogens (primary N) is 1. The van der Waals surface area contributed by atoms with E-state index >= 15 is 0 Å². The minimum atomic E-state index is -4.42. The Hall–Kier alpha value is -1.83. The van der Waals surface area contributed by atoms with Gasteiger partial charge in [-0.2, -0.15) is 13.2 Å². The normalized spacial score (nSPS) is 13.1. The number of aromatic nitrogens is 1. The summed E-state index contributed by atoms with van der Waals surface area (Å²) in [5, 5.41) is 2.57. The number of rotatable bonds is 6. The number of hydrogen-bond acceptors (Lipinski definition) is 4. The highest BCUT2D eigenvalue weighted by atomic mass is 19.4. The van der Waals surface area contributed by atoms with E-state index < -0.39 is 17.8 Å². The van der Waals surface area contributed by atoms with Crippen LogP contribution >= 0.6 is 0 Å². The van der Waals surface area contributed by atoms with Crippen molar-refractivity contribution in [2.75, 3.05) is 13.2 Å². The molecule has 8 heteroatoms. The van der Waals surface area contributed by atoms with Crippen molar-refractivity contribution in [1.82, 2.24) is 10.3 Å². The van der Waals surface area contributed by atoms with E-state index in [9.17, 15) is 18.0 Å². The molecule has 0 saturated heterocycles. The molecule has 1 aromatic rings. The van der Waals surface area contributed by atoms with Crippen molar-refractivity contribution < 1.29 is 22.7 Å². The van der Waals surface area contributed by atoms with E-state index in [-0.39, 0.29) is 30.9 Å². The molecule has 118 valence electrons. The first-order valence-corrected chi connectivity index (χ1v) is 6.41. The lowest BCUT2D eigenvalue weighted by Gasteiger charge is -2.15. The maximum absolute atomic E-state index is 12.3. The molecular weight excluding hydrogens is 287 g/mol. The zero-order valence-corrected chi connectivity index (χ0v) is 11.8. The van der Waals surface area contributed by atoms with Gasteiger partial charge in [-0.3, -0.25) is 4.79 Å². The van der Waals surface area contributed by atoms with Crippen LogP contribution in [0.15, 0.2) is 18.3 Å². The van der Waals surface area contributed by atoms with Crippen LogP contribution in [0.2, 0.25) is 0 Å². The maximum atomic E-state index is 12.3. The van der Waals surface area contributed by atoms with Crippen LogP contribution in [-0.2, 0) is 11.0 Å². The Morgan fingerprint density at radius 2 is 2.10 bits per heavy atom. The molecule has 0 aliphatic heterocycles. The second-order valence-electron chi connectivity index (χ2n) is 4.79. The number of halogens is 3. The van der Waals surface area contributed by atoms with E-state index in [0.717, 1.165) is 12.1 Å². The summed E-state index contributed by atoms with van der Waals surface area (Å²) in [5.74, 6) is -0.220. The molecule has 1 aromatic heterocycles. The third-order valence-corrected chi connectivity index (χ3v) is 2.74. The summed E-state index contributed by atoms with van der Waals surface area (Å²) < 4.78 is 42.1.